The van der Waals surface area contributed by atoms with E-state index in [1.165, 1.54) is 29.8 Å². The van der Waals surface area contributed by atoms with E-state index in [1.807, 2.05) is 121 Å². The first-order valence-corrected chi connectivity index (χ1v) is 21.2. The first-order chi connectivity index (χ1) is 30.3. The van der Waals surface area contributed by atoms with Crippen molar-refractivity contribution in [3.05, 3.63) is 178 Å². The predicted molar refractivity (Wildman–Crippen MR) is 229 cm³/mol. The number of hydrogen-bond donors (Lipinski definition) is 2. The summed E-state index contributed by atoms with van der Waals surface area (Å²) in [6, 6.07) is 37.7. The van der Waals surface area contributed by atoms with Gasteiger partial charge >= 0.3 is 11.9 Å². The molecule has 2 aromatic heterocycles. The third-order valence-corrected chi connectivity index (χ3v) is 11.8. The summed E-state index contributed by atoms with van der Waals surface area (Å²) in [6.07, 6.45) is -1.69. The van der Waals surface area contributed by atoms with Gasteiger partial charge in [-0.05, 0) is 27.4 Å². The summed E-state index contributed by atoms with van der Waals surface area (Å²) in [6.45, 7) is -0.192. The lowest BCUT2D eigenvalue weighted by molar-refractivity contribution is -0.154. The molecule has 0 saturated carbocycles. The molecule has 3 N–H and O–H groups in total. The molecular formula is C45H38N6O9S2. The van der Waals surface area contributed by atoms with E-state index in [-0.39, 0.29) is 52.7 Å². The number of carbonyl (C=O) groups is 4. The van der Waals surface area contributed by atoms with Gasteiger partial charge in [-0.25, -0.2) is 9.78 Å². The Morgan fingerprint density at radius 3 is 1.97 bits per heavy atom. The summed E-state index contributed by atoms with van der Waals surface area (Å²) >= 11 is 2.43. The molecule has 15 nitrogen and oxygen atoms in total. The van der Waals surface area contributed by atoms with Crippen molar-refractivity contribution < 1.29 is 42.7 Å². The summed E-state index contributed by atoms with van der Waals surface area (Å²) < 4.78 is 23.7. The van der Waals surface area contributed by atoms with Crippen LogP contribution >= 0.6 is 23.1 Å². The number of nitrogen functional groups attached to an aromatic ring is 1. The summed E-state index contributed by atoms with van der Waals surface area (Å²) in [5, 5.41) is 11.6. The number of rotatable bonds is 16. The normalized spacial score (nSPS) is 16.1. The number of esters is 2. The van der Waals surface area contributed by atoms with Crippen LogP contribution in [0.4, 0.5) is 5.13 Å². The second kappa shape index (κ2) is 19.0. The predicted octanol–water partition coefficient (Wildman–Crippen LogP) is 6.00. The summed E-state index contributed by atoms with van der Waals surface area (Å²) in [4.78, 5) is 65.5. The van der Waals surface area contributed by atoms with Gasteiger partial charge in [0.1, 0.15) is 42.9 Å². The highest BCUT2D eigenvalue weighted by Crippen LogP contribution is 2.42. The Labute approximate surface area is 363 Å². The largest absolute Gasteiger partial charge is 0.471 e. The fourth-order valence-electron chi connectivity index (χ4n) is 6.94. The Balaban J connectivity index is 1.02. The minimum absolute atomic E-state index is 0.0284. The van der Waals surface area contributed by atoms with Gasteiger partial charge in [0.05, 0.1) is 0 Å². The summed E-state index contributed by atoms with van der Waals surface area (Å²) in [7, 11) is 1.28. The quantitative estimate of drug-likeness (QED) is 0.0497. The number of amides is 2. The van der Waals surface area contributed by atoms with Crippen molar-refractivity contribution in [3.63, 3.8) is 0 Å². The van der Waals surface area contributed by atoms with Crippen molar-refractivity contribution in [2.24, 2.45) is 5.16 Å². The van der Waals surface area contributed by atoms with Crippen molar-refractivity contribution in [1.82, 2.24) is 20.4 Å². The minimum Gasteiger partial charge on any atom is -0.471 e. The molecule has 2 atom stereocenters. The first-order valence-electron chi connectivity index (χ1n) is 19.3. The molecule has 2 aliphatic heterocycles. The van der Waals surface area contributed by atoms with Gasteiger partial charge in [0.15, 0.2) is 28.8 Å². The maximum Gasteiger partial charge on any atom is 0.356 e. The number of thioether (sulfide) groups is 1. The Morgan fingerprint density at radius 2 is 1.44 bits per heavy atom. The minimum atomic E-state index is -1.03. The number of hydrogen-bond acceptors (Lipinski definition) is 15. The van der Waals surface area contributed by atoms with Crippen LogP contribution in [0.1, 0.15) is 45.9 Å². The van der Waals surface area contributed by atoms with E-state index in [4.69, 9.17) is 29.3 Å². The molecule has 17 heteroatoms. The number of fused-ring (bicyclic) bond motifs is 1. The molecule has 2 amide bonds. The number of oxime groups is 1. The molecule has 4 aromatic carbocycles. The van der Waals surface area contributed by atoms with E-state index in [9.17, 15) is 19.2 Å². The molecule has 0 radical (unpaired) electrons. The SMILES string of the molecule is CO/N=C(\C(=O)NC1C(=O)N2C(C(=O)OC(c3ccccc3)c3ccccc3)=C(COc3cc(CC(=O)OC(c4ccccc4)c4ccccc4)on3)CS[C@H]12)c1csc(N)n1. The van der Waals surface area contributed by atoms with Crippen LogP contribution in [0.2, 0.25) is 0 Å². The van der Waals surface area contributed by atoms with Crippen LogP contribution in [0.5, 0.6) is 5.88 Å². The number of anilines is 1. The molecule has 1 saturated heterocycles. The zero-order chi connectivity index (χ0) is 43.0. The molecule has 0 bridgehead atoms. The summed E-state index contributed by atoms with van der Waals surface area (Å²) in [5.41, 5.74) is 9.24. The monoisotopic (exact) mass is 870 g/mol. The van der Waals surface area contributed by atoms with E-state index >= 15 is 0 Å². The van der Waals surface area contributed by atoms with Gasteiger partial charge in [0.2, 0.25) is 0 Å². The van der Waals surface area contributed by atoms with Crippen molar-refractivity contribution in [2.75, 3.05) is 25.2 Å². The van der Waals surface area contributed by atoms with Gasteiger partial charge in [0.25, 0.3) is 17.7 Å². The molecule has 0 spiro atoms. The zero-order valence-electron chi connectivity index (χ0n) is 33.0. The van der Waals surface area contributed by atoms with E-state index < -0.39 is 47.4 Å². The molecular weight excluding hydrogens is 833 g/mol. The number of benzene rings is 4. The standard InChI is InChI=1S/C45H38N6O9S2/c1-56-50-36(33-26-62-45(46)47-33)41(53)48-37-42(54)51-38(44(55)59-40(29-18-10-4-11-19-29)30-20-12-5-13-21-30)31(25-61-43(37)51)24-57-34-22-32(60-49-34)23-35(52)58-39(27-14-6-2-7-15-27)28-16-8-3-9-17-28/h2-22,26,37,39-40,43H,23-25H2,1H3,(H2,46,47)(H,48,53)/b50-36-/t37?,43-/m1/s1. The molecule has 6 aromatic rings. The molecule has 0 aliphatic carbocycles. The van der Waals surface area contributed by atoms with Crippen molar-refractivity contribution in [3.8, 4) is 5.88 Å². The fourth-order valence-corrected chi connectivity index (χ4v) is 8.81. The lowest BCUT2D eigenvalue weighted by atomic mass is 10.0. The van der Waals surface area contributed by atoms with Crippen LogP contribution < -0.4 is 15.8 Å². The number of β-lactam (4-membered cyclic amide) rings is 1. The van der Waals surface area contributed by atoms with Crippen LogP contribution in [0.3, 0.4) is 0 Å². The third-order valence-electron chi connectivity index (χ3n) is 9.82. The third kappa shape index (κ3) is 9.23. The number of ether oxygens (including phenoxy) is 3. The highest BCUT2D eigenvalue weighted by Gasteiger charge is 2.55. The average molecular weight is 871 g/mol. The number of carbonyl (C=O) groups excluding carboxylic acids is 4. The lowest BCUT2D eigenvalue weighted by Gasteiger charge is -2.49. The number of nitrogens with two attached hydrogens (primary N) is 1. The lowest BCUT2D eigenvalue weighted by Crippen LogP contribution is -2.71. The molecule has 62 heavy (non-hydrogen) atoms. The van der Waals surface area contributed by atoms with Crippen LogP contribution in [-0.2, 0) is 39.9 Å². The maximum atomic E-state index is 14.5. The zero-order valence-corrected chi connectivity index (χ0v) is 34.6. The Kier molecular flexibility index (Phi) is 12.7. The van der Waals surface area contributed by atoms with Gasteiger partial charge in [-0.1, -0.05) is 126 Å². The van der Waals surface area contributed by atoms with Gasteiger partial charge < -0.3 is 34.6 Å². The van der Waals surface area contributed by atoms with Crippen LogP contribution in [0, 0.1) is 0 Å². The highest BCUT2D eigenvalue weighted by molar-refractivity contribution is 8.00. The van der Waals surface area contributed by atoms with Crippen LogP contribution in [-0.4, -0.2) is 75.4 Å². The van der Waals surface area contributed by atoms with E-state index in [1.54, 1.807) is 5.38 Å². The van der Waals surface area contributed by atoms with Crippen molar-refractivity contribution >= 4 is 57.7 Å². The van der Waals surface area contributed by atoms with Gasteiger partial charge in [-0.15, -0.1) is 23.1 Å². The molecule has 314 valence electrons. The Morgan fingerprint density at radius 1 is 0.871 bits per heavy atom. The first kappa shape index (κ1) is 41.5. The van der Waals surface area contributed by atoms with Crippen LogP contribution in [0.15, 0.2) is 154 Å². The molecule has 4 heterocycles. The van der Waals surface area contributed by atoms with Crippen molar-refractivity contribution in [1.29, 1.82) is 0 Å². The second-order valence-electron chi connectivity index (χ2n) is 13.9. The van der Waals surface area contributed by atoms with Gasteiger partial charge in [-0.2, -0.15) is 0 Å². The second-order valence-corrected chi connectivity index (χ2v) is 15.9. The average Bonchev–Trinajstić information content (AvgIpc) is 3.96. The van der Waals surface area contributed by atoms with Crippen LogP contribution in [0.25, 0.3) is 0 Å². The number of aromatic nitrogens is 2. The Bertz CT molecular complexity index is 2530. The topological polar surface area (TPSA) is 198 Å². The maximum absolute atomic E-state index is 14.5. The smallest absolute Gasteiger partial charge is 0.356 e. The van der Waals surface area contributed by atoms with E-state index in [0.29, 0.717) is 16.7 Å². The van der Waals surface area contributed by atoms with E-state index in [0.717, 1.165) is 22.5 Å². The molecule has 2 aliphatic rings. The number of nitrogens with one attached hydrogen (secondary N) is 1. The van der Waals surface area contributed by atoms with E-state index in [2.05, 4.69) is 20.6 Å². The van der Waals surface area contributed by atoms with Gasteiger partial charge in [-0.3, -0.25) is 19.3 Å². The highest BCUT2D eigenvalue weighted by atomic mass is 32.2. The molecule has 1 fully saturated rings. The van der Waals surface area contributed by atoms with Gasteiger partial charge in [0, 0.05) is 22.8 Å². The number of thiazole rings is 1. The fraction of sp³-hybridized carbons (Fsp3) is 0.178. The Hall–Kier alpha value is -7.24. The molecule has 8 rings (SSSR count). The van der Waals surface area contributed by atoms with Crippen molar-refractivity contribution in [2.45, 2.75) is 30.0 Å². The molecule has 1 unspecified atom stereocenters. The summed E-state index contributed by atoms with van der Waals surface area (Å²) in [5.74, 6) is -2.15. The number of nitrogens with zero attached hydrogens (tertiary/aromatic N) is 4.